The minimum atomic E-state index is -0.168. The Morgan fingerprint density at radius 3 is 2.53 bits per heavy atom. The van der Waals surface area contributed by atoms with E-state index < -0.39 is 0 Å². The molecule has 9 heteroatoms. The number of nitrogens with one attached hydrogen (secondary N) is 1. The number of aryl methyl sites for hydroxylation is 1. The first-order valence-electron chi connectivity index (χ1n) is 10.8. The van der Waals surface area contributed by atoms with E-state index in [0.29, 0.717) is 38.0 Å². The number of nitrogens with zero attached hydrogens (tertiary/aromatic N) is 5. The molecule has 3 rings (SSSR count). The summed E-state index contributed by atoms with van der Waals surface area (Å²) in [6, 6.07) is 11.3. The second-order valence-corrected chi connectivity index (χ2v) is 7.82. The number of carbonyl (C=O) groups is 3. The van der Waals surface area contributed by atoms with Gasteiger partial charge in [0.1, 0.15) is 0 Å². The zero-order chi connectivity index (χ0) is 22.9. The third-order valence-corrected chi connectivity index (χ3v) is 5.52. The van der Waals surface area contributed by atoms with Crippen molar-refractivity contribution in [3.8, 4) is 6.07 Å². The lowest BCUT2D eigenvalue weighted by Gasteiger charge is -2.32. The number of hydrogen-bond acceptors (Lipinski definition) is 5. The van der Waals surface area contributed by atoms with Crippen LogP contribution in [0.5, 0.6) is 0 Å². The summed E-state index contributed by atoms with van der Waals surface area (Å²) in [5.74, 6) is -0.394. The minimum Gasteiger partial charge on any atom is -0.349 e. The average Bonchev–Trinajstić information content (AvgIpc) is 3.25. The molecule has 32 heavy (non-hydrogen) atoms. The second kappa shape index (κ2) is 11.1. The maximum atomic E-state index is 12.7. The Hall–Kier alpha value is -3.67. The largest absolute Gasteiger partial charge is 0.349 e. The third kappa shape index (κ3) is 6.17. The van der Waals surface area contributed by atoms with E-state index in [1.54, 1.807) is 27.7 Å². The summed E-state index contributed by atoms with van der Waals surface area (Å²) in [5, 5.41) is 15.9. The van der Waals surface area contributed by atoms with Crippen molar-refractivity contribution in [2.75, 3.05) is 24.5 Å². The number of aromatic nitrogens is 2. The van der Waals surface area contributed by atoms with E-state index in [0.717, 1.165) is 5.69 Å². The first-order chi connectivity index (χ1) is 15.5. The summed E-state index contributed by atoms with van der Waals surface area (Å²) in [6.45, 7) is 1.39. The Bertz CT molecular complexity index is 973. The van der Waals surface area contributed by atoms with Gasteiger partial charge in [-0.3, -0.25) is 19.1 Å². The second-order valence-electron chi connectivity index (χ2n) is 7.82. The van der Waals surface area contributed by atoms with Gasteiger partial charge in [-0.25, -0.2) is 0 Å². The van der Waals surface area contributed by atoms with Crippen LogP contribution in [0.3, 0.4) is 0 Å². The van der Waals surface area contributed by atoms with Crippen LogP contribution in [-0.2, 0) is 16.6 Å². The Kier molecular flexibility index (Phi) is 7.97. The predicted molar refractivity (Wildman–Crippen MR) is 119 cm³/mol. The molecule has 2 heterocycles. The molecule has 0 aliphatic carbocycles. The van der Waals surface area contributed by atoms with Gasteiger partial charge in [0.2, 0.25) is 11.8 Å². The molecule has 1 aromatic carbocycles. The maximum Gasteiger partial charge on any atom is 0.254 e. The molecule has 1 aliphatic heterocycles. The molecule has 9 nitrogen and oxygen atoms in total. The van der Waals surface area contributed by atoms with Crippen molar-refractivity contribution in [3.63, 3.8) is 0 Å². The van der Waals surface area contributed by atoms with Gasteiger partial charge in [-0.15, -0.1) is 0 Å². The fourth-order valence-corrected chi connectivity index (χ4v) is 3.75. The topological polar surface area (TPSA) is 111 Å². The number of para-hydroxylation sites is 1. The molecule has 168 valence electrons. The highest BCUT2D eigenvalue weighted by Crippen LogP contribution is 2.17. The van der Waals surface area contributed by atoms with E-state index in [-0.39, 0.29) is 43.0 Å². The molecule has 3 amide bonds. The lowest BCUT2D eigenvalue weighted by Crippen LogP contribution is -2.46. The van der Waals surface area contributed by atoms with Gasteiger partial charge in [0.25, 0.3) is 5.91 Å². The molecule has 2 aromatic rings. The van der Waals surface area contributed by atoms with Crippen molar-refractivity contribution in [1.29, 1.82) is 5.26 Å². The zero-order valence-corrected chi connectivity index (χ0v) is 18.2. The quantitative estimate of drug-likeness (QED) is 0.679. The normalized spacial score (nSPS) is 13.9. The van der Waals surface area contributed by atoms with E-state index in [9.17, 15) is 14.4 Å². The van der Waals surface area contributed by atoms with E-state index in [1.807, 2.05) is 30.3 Å². The first kappa shape index (κ1) is 23.0. The first-order valence-corrected chi connectivity index (χ1v) is 10.8. The Morgan fingerprint density at radius 1 is 1.19 bits per heavy atom. The molecule has 0 unspecified atom stereocenters. The molecule has 1 N–H and O–H groups in total. The molecule has 1 fully saturated rings. The Balaban J connectivity index is 1.45. The molecule has 1 aromatic heterocycles. The molecular formula is C23H28N6O3. The fourth-order valence-electron chi connectivity index (χ4n) is 3.75. The summed E-state index contributed by atoms with van der Waals surface area (Å²) < 4.78 is 1.58. The number of piperidine rings is 1. The van der Waals surface area contributed by atoms with Crippen LogP contribution in [-0.4, -0.2) is 58.1 Å². The zero-order valence-electron chi connectivity index (χ0n) is 18.2. The molecule has 0 atom stereocenters. The summed E-state index contributed by atoms with van der Waals surface area (Å²) >= 11 is 0. The van der Waals surface area contributed by atoms with Crippen LogP contribution in [0.1, 0.15) is 42.5 Å². The number of amides is 3. The molecule has 1 aliphatic rings. The van der Waals surface area contributed by atoms with Gasteiger partial charge in [-0.2, -0.15) is 10.4 Å². The Morgan fingerprint density at radius 2 is 1.91 bits per heavy atom. The minimum absolute atomic E-state index is 0.00735. The smallest absolute Gasteiger partial charge is 0.254 e. The standard InChI is InChI=1S/C23H28N6O3/c1-27-17-18(16-25-27)23(32)26-19-10-14-28(15-11-19)21(30)8-9-22(31)29(13-5-12-24)20-6-3-2-4-7-20/h2-4,6-7,16-17,19H,5,8-11,13-15H2,1H3,(H,26,32). The monoisotopic (exact) mass is 436 g/mol. The van der Waals surface area contributed by atoms with Crippen molar-refractivity contribution >= 4 is 23.4 Å². The average molecular weight is 437 g/mol. The van der Waals surface area contributed by atoms with E-state index in [2.05, 4.69) is 16.5 Å². The number of nitriles is 1. The van der Waals surface area contributed by atoms with Gasteiger partial charge < -0.3 is 15.1 Å². The van der Waals surface area contributed by atoms with Gasteiger partial charge in [-0.05, 0) is 25.0 Å². The lowest BCUT2D eigenvalue weighted by atomic mass is 10.0. The molecular weight excluding hydrogens is 408 g/mol. The third-order valence-electron chi connectivity index (χ3n) is 5.52. The van der Waals surface area contributed by atoms with Crippen LogP contribution < -0.4 is 10.2 Å². The van der Waals surface area contributed by atoms with Crippen molar-refractivity contribution in [1.82, 2.24) is 20.0 Å². The number of carbonyl (C=O) groups excluding carboxylic acids is 3. The highest BCUT2D eigenvalue weighted by atomic mass is 16.2. The van der Waals surface area contributed by atoms with Crippen LogP contribution in [0, 0.1) is 11.3 Å². The van der Waals surface area contributed by atoms with Crippen LogP contribution in [0.2, 0.25) is 0 Å². The molecule has 1 saturated heterocycles. The summed E-state index contributed by atoms with van der Waals surface area (Å²) in [4.78, 5) is 41.0. The fraction of sp³-hybridized carbons (Fsp3) is 0.435. The van der Waals surface area contributed by atoms with E-state index in [1.165, 1.54) is 6.20 Å². The lowest BCUT2D eigenvalue weighted by molar-refractivity contribution is -0.134. The van der Waals surface area contributed by atoms with Gasteiger partial charge >= 0.3 is 0 Å². The number of rotatable bonds is 8. The van der Waals surface area contributed by atoms with Crippen molar-refractivity contribution < 1.29 is 14.4 Å². The van der Waals surface area contributed by atoms with Gasteiger partial charge in [0.05, 0.1) is 24.3 Å². The van der Waals surface area contributed by atoms with Crippen molar-refractivity contribution in [2.24, 2.45) is 7.05 Å². The molecule has 0 saturated carbocycles. The van der Waals surface area contributed by atoms with Crippen molar-refractivity contribution in [2.45, 2.75) is 38.1 Å². The SMILES string of the molecule is Cn1cc(C(=O)NC2CCN(C(=O)CCC(=O)N(CCC#N)c3ccccc3)CC2)cn1. The predicted octanol–water partition coefficient (Wildman–Crippen LogP) is 1.87. The number of benzene rings is 1. The molecule has 0 radical (unpaired) electrons. The highest BCUT2D eigenvalue weighted by molar-refractivity contribution is 5.95. The van der Waals surface area contributed by atoms with Crippen LogP contribution in [0.4, 0.5) is 5.69 Å². The number of hydrogen-bond donors (Lipinski definition) is 1. The highest BCUT2D eigenvalue weighted by Gasteiger charge is 2.25. The summed E-state index contributed by atoms with van der Waals surface area (Å²) in [7, 11) is 1.76. The van der Waals surface area contributed by atoms with E-state index >= 15 is 0 Å². The van der Waals surface area contributed by atoms with E-state index in [4.69, 9.17) is 5.26 Å². The van der Waals surface area contributed by atoms with Gasteiger partial charge in [0, 0.05) is 57.4 Å². The molecule has 0 bridgehead atoms. The summed E-state index contributed by atoms with van der Waals surface area (Å²) in [6.07, 6.45) is 4.99. The van der Waals surface area contributed by atoms with Crippen LogP contribution in [0.15, 0.2) is 42.7 Å². The maximum absolute atomic E-state index is 12.7. The van der Waals surface area contributed by atoms with Crippen molar-refractivity contribution in [3.05, 3.63) is 48.3 Å². The number of likely N-dealkylation sites (tertiary alicyclic amines) is 1. The number of anilines is 1. The van der Waals surface area contributed by atoms with Gasteiger partial charge in [0.15, 0.2) is 0 Å². The van der Waals surface area contributed by atoms with Crippen LogP contribution in [0.25, 0.3) is 0 Å². The van der Waals surface area contributed by atoms with Crippen LogP contribution >= 0.6 is 0 Å². The molecule has 0 spiro atoms. The van der Waals surface area contributed by atoms with Gasteiger partial charge in [-0.1, -0.05) is 18.2 Å². The Labute approximate surface area is 187 Å². The summed E-state index contributed by atoms with van der Waals surface area (Å²) in [5.41, 5.74) is 1.24.